The second-order valence-electron chi connectivity index (χ2n) is 6.26. The SMILES string of the molecule is Cc1ccc(OP(=O)(Oc2ccc(C)cc2)Oc2ccc(C)cc2)cc1.N=C=O. The molecule has 0 aliphatic heterocycles. The summed E-state index contributed by atoms with van der Waals surface area (Å²) in [5.74, 6) is 1.24. The summed E-state index contributed by atoms with van der Waals surface area (Å²) in [5, 5.41) is 5.40. The summed E-state index contributed by atoms with van der Waals surface area (Å²) in [6, 6.07) is 21.6. The second-order valence-corrected chi connectivity index (χ2v) is 7.70. The lowest BCUT2D eigenvalue weighted by atomic mass is 10.2. The molecule has 0 aromatic heterocycles. The molecule has 0 aliphatic rings. The minimum absolute atomic E-state index is 0.415. The Labute approximate surface area is 170 Å². The van der Waals surface area contributed by atoms with Crippen molar-refractivity contribution in [1.82, 2.24) is 0 Å². The molecule has 0 unspecified atom stereocenters. The predicted octanol–water partition coefficient (Wildman–Crippen LogP) is 6.16. The summed E-state index contributed by atoms with van der Waals surface area (Å²) < 4.78 is 30.2. The largest absolute Gasteiger partial charge is 0.647 e. The number of benzene rings is 3. The van der Waals surface area contributed by atoms with Crippen LogP contribution >= 0.6 is 7.82 Å². The third-order valence-electron chi connectivity index (χ3n) is 3.71. The Morgan fingerprint density at radius 2 is 0.828 bits per heavy atom. The highest BCUT2D eigenvalue weighted by atomic mass is 31.2. The van der Waals surface area contributed by atoms with Crippen molar-refractivity contribution >= 4 is 13.9 Å². The molecule has 0 atom stereocenters. The van der Waals surface area contributed by atoms with E-state index in [0.29, 0.717) is 17.2 Å². The maximum atomic E-state index is 13.3. The molecular weight excluding hydrogens is 389 g/mol. The number of isocyanates is 1. The van der Waals surface area contributed by atoms with Crippen LogP contribution in [0.2, 0.25) is 0 Å². The highest BCUT2D eigenvalue weighted by Crippen LogP contribution is 2.49. The van der Waals surface area contributed by atoms with E-state index in [9.17, 15) is 4.57 Å². The summed E-state index contributed by atoms with van der Waals surface area (Å²) in [6.45, 7) is 5.90. The molecule has 3 aromatic rings. The number of nitrogens with one attached hydrogen (secondary N) is 1. The van der Waals surface area contributed by atoms with E-state index in [2.05, 4.69) is 0 Å². The van der Waals surface area contributed by atoms with Gasteiger partial charge in [0.15, 0.2) is 0 Å². The lowest BCUT2D eigenvalue weighted by Gasteiger charge is -2.19. The fourth-order valence-electron chi connectivity index (χ4n) is 2.24. The first-order valence-electron chi connectivity index (χ1n) is 8.76. The van der Waals surface area contributed by atoms with Gasteiger partial charge in [-0.25, -0.2) is 10.2 Å². The van der Waals surface area contributed by atoms with E-state index in [1.165, 1.54) is 0 Å². The molecule has 150 valence electrons. The van der Waals surface area contributed by atoms with Crippen molar-refractivity contribution in [3.05, 3.63) is 89.5 Å². The number of phosphoric ester groups is 1. The zero-order valence-electron chi connectivity index (χ0n) is 16.4. The Hall–Kier alpha value is -3.33. The molecule has 0 fully saturated rings. The lowest BCUT2D eigenvalue weighted by molar-refractivity contribution is 0.298. The Bertz CT molecular complexity index is 870. The van der Waals surface area contributed by atoms with E-state index in [0.717, 1.165) is 22.8 Å². The number of hydrogen-bond donors (Lipinski definition) is 1. The van der Waals surface area contributed by atoms with Crippen molar-refractivity contribution in [2.24, 2.45) is 0 Å². The monoisotopic (exact) mass is 411 g/mol. The number of aryl methyl sites for hydroxylation is 3. The molecule has 0 spiro atoms. The van der Waals surface area contributed by atoms with Gasteiger partial charge in [-0.2, -0.15) is 4.57 Å². The van der Waals surface area contributed by atoms with Gasteiger partial charge in [-0.15, -0.1) is 0 Å². The molecule has 0 saturated carbocycles. The Morgan fingerprint density at radius 3 is 1.03 bits per heavy atom. The van der Waals surface area contributed by atoms with E-state index >= 15 is 0 Å². The fraction of sp³-hybridized carbons (Fsp3) is 0.136. The first-order chi connectivity index (χ1) is 13.8. The minimum Gasteiger partial charge on any atom is -0.386 e. The van der Waals surface area contributed by atoms with Crippen LogP contribution in [0.25, 0.3) is 0 Å². The molecule has 0 saturated heterocycles. The Balaban J connectivity index is 0.000000941. The molecule has 1 N–H and O–H groups in total. The summed E-state index contributed by atoms with van der Waals surface area (Å²) in [4.78, 5) is 8.35. The van der Waals surface area contributed by atoms with Gasteiger partial charge in [-0.1, -0.05) is 53.1 Å². The molecule has 3 aromatic carbocycles. The van der Waals surface area contributed by atoms with Crippen LogP contribution in [0.5, 0.6) is 17.2 Å². The van der Waals surface area contributed by atoms with E-state index in [-0.39, 0.29) is 0 Å². The average Bonchev–Trinajstić information content (AvgIpc) is 2.68. The third kappa shape index (κ3) is 7.30. The smallest absolute Gasteiger partial charge is 0.386 e. The van der Waals surface area contributed by atoms with Crippen LogP contribution in [0, 0.1) is 26.2 Å². The van der Waals surface area contributed by atoms with Crippen molar-refractivity contribution in [2.75, 3.05) is 0 Å². The first-order valence-corrected chi connectivity index (χ1v) is 10.2. The molecule has 7 heteroatoms. The van der Waals surface area contributed by atoms with E-state index in [4.69, 9.17) is 23.8 Å². The van der Waals surface area contributed by atoms with Gasteiger partial charge >= 0.3 is 7.82 Å². The number of phosphoric acid groups is 1. The quantitative estimate of drug-likeness (QED) is 0.298. The lowest BCUT2D eigenvalue weighted by Crippen LogP contribution is -2.07. The summed E-state index contributed by atoms with van der Waals surface area (Å²) in [5.41, 5.74) is 3.23. The molecule has 0 radical (unpaired) electrons. The van der Waals surface area contributed by atoms with Gasteiger partial charge in [-0.05, 0) is 57.2 Å². The molecule has 0 bridgehead atoms. The average molecular weight is 411 g/mol. The fourth-order valence-corrected chi connectivity index (χ4v) is 3.49. The summed E-state index contributed by atoms with van der Waals surface area (Å²) >= 11 is 0. The van der Waals surface area contributed by atoms with Crippen LogP contribution in [0.15, 0.2) is 72.8 Å². The molecule has 0 aliphatic carbocycles. The van der Waals surface area contributed by atoms with E-state index < -0.39 is 7.82 Å². The maximum Gasteiger partial charge on any atom is 0.647 e. The summed E-state index contributed by atoms with van der Waals surface area (Å²) in [6.07, 6.45) is 0.750. The third-order valence-corrected chi connectivity index (χ3v) is 5.02. The predicted molar refractivity (Wildman–Crippen MR) is 111 cm³/mol. The molecule has 6 nitrogen and oxygen atoms in total. The first kappa shape index (κ1) is 22.0. The summed E-state index contributed by atoms with van der Waals surface area (Å²) in [7, 11) is -3.93. The zero-order chi connectivity index (χ0) is 21.3. The molecule has 0 amide bonds. The van der Waals surface area contributed by atoms with Gasteiger partial charge in [0.1, 0.15) is 17.2 Å². The normalized spacial score (nSPS) is 10.2. The second kappa shape index (κ2) is 10.3. The van der Waals surface area contributed by atoms with Crippen molar-refractivity contribution in [3.63, 3.8) is 0 Å². The van der Waals surface area contributed by atoms with Crippen LogP contribution in [0.4, 0.5) is 0 Å². The van der Waals surface area contributed by atoms with Crippen molar-refractivity contribution in [1.29, 1.82) is 5.41 Å². The zero-order valence-corrected chi connectivity index (χ0v) is 17.3. The van der Waals surface area contributed by atoms with Gasteiger partial charge in [-0.3, -0.25) is 0 Å². The van der Waals surface area contributed by atoms with Crippen LogP contribution in [0.1, 0.15) is 16.7 Å². The topological polar surface area (TPSA) is 85.7 Å². The molecule has 3 rings (SSSR count). The van der Waals surface area contributed by atoms with Crippen LogP contribution in [-0.2, 0) is 9.36 Å². The standard InChI is InChI=1S/C21H21O4P.CHNO/c1-16-4-10-19(11-5-16)23-26(22,24-20-12-6-17(2)7-13-20)25-21-14-8-18(3)9-15-21;2-1-3/h4-15H,1-3H3;2H. The van der Waals surface area contributed by atoms with Gasteiger partial charge < -0.3 is 13.6 Å². The highest BCUT2D eigenvalue weighted by molar-refractivity contribution is 7.49. The highest BCUT2D eigenvalue weighted by Gasteiger charge is 2.33. The molecular formula is C22H22NO5P. The van der Waals surface area contributed by atoms with Crippen LogP contribution in [-0.4, -0.2) is 6.08 Å². The Morgan fingerprint density at radius 1 is 0.621 bits per heavy atom. The van der Waals surface area contributed by atoms with Gasteiger partial charge in [0, 0.05) is 0 Å². The minimum atomic E-state index is -3.93. The van der Waals surface area contributed by atoms with Crippen LogP contribution < -0.4 is 13.6 Å². The van der Waals surface area contributed by atoms with Crippen molar-refractivity contribution in [2.45, 2.75) is 20.8 Å². The van der Waals surface area contributed by atoms with Gasteiger partial charge in [0.05, 0.1) is 0 Å². The number of rotatable bonds is 6. The van der Waals surface area contributed by atoms with Crippen LogP contribution in [0.3, 0.4) is 0 Å². The molecule has 0 heterocycles. The number of hydrogen-bond acceptors (Lipinski definition) is 6. The maximum absolute atomic E-state index is 13.3. The Kier molecular flexibility index (Phi) is 7.79. The van der Waals surface area contributed by atoms with Crippen molar-refractivity contribution < 1.29 is 22.9 Å². The van der Waals surface area contributed by atoms with Crippen molar-refractivity contribution in [3.8, 4) is 17.2 Å². The number of carbonyl (C=O) groups excluding carboxylic acids is 1. The van der Waals surface area contributed by atoms with Gasteiger partial charge in [0.25, 0.3) is 0 Å². The van der Waals surface area contributed by atoms with E-state index in [1.807, 2.05) is 57.2 Å². The molecule has 29 heavy (non-hydrogen) atoms. The van der Waals surface area contributed by atoms with Gasteiger partial charge in [0.2, 0.25) is 6.08 Å². The van der Waals surface area contributed by atoms with E-state index in [1.54, 1.807) is 36.4 Å².